The third kappa shape index (κ3) is 534. The summed E-state index contributed by atoms with van der Waals surface area (Å²) in [4.78, 5) is 0. The van der Waals surface area contributed by atoms with Crippen molar-refractivity contribution in [3.63, 3.8) is 0 Å². The van der Waals surface area contributed by atoms with Crippen molar-refractivity contribution in [3.05, 3.63) is 0 Å². The molecular weight excluding hydrogens is 204 g/mol. The van der Waals surface area contributed by atoms with Crippen LogP contribution in [-0.4, -0.2) is 17.5 Å². The third-order valence-corrected chi connectivity index (χ3v) is 0. The average Bonchev–Trinajstić information content (AvgIpc) is 0.722. The fraction of sp³-hybridized carbons (Fsp3) is 0. The SMILES string of the molecule is O=S(=O)([O-])[O-].[Cl-].[Co+2].[NH4+]. The average molecular weight is 208 g/mol. The van der Waals surface area contributed by atoms with Gasteiger partial charge in [0.15, 0.2) is 0 Å². The molecule has 0 aliphatic carbocycles. The summed E-state index contributed by atoms with van der Waals surface area (Å²) in [7, 11) is -5.17. The van der Waals surface area contributed by atoms with Crippen molar-refractivity contribution in [2.24, 2.45) is 0 Å². The minimum atomic E-state index is -5.17. The fourth-order valence-electron chi connectivity index (χ4n) is 0. The van der Waals surface area contributed by atoms with Crippen LogP contribution >= 0.6 is 0 Å². The number of halogens is 1. The van der Waals surface area contributed by atoms with Crippen LogP contribution in [-0.2, 0) is 27.2 Å². The Morgan fingerprint density at radius 3 is 1.12 bits per heavy atom. The van der Waals surface area contributed by atoms with Crippen LogP contribution in [0.4, 0.5) is 0 Å². The molecule has 0 aromatic carbocycles. The van der Waals surface area contributed by atoms with Gasteiger partial charge in [0, 0.05) is 10.4 Å². The minimum Gasteiger partial charge on any atom is -1.00 e. The van der Waals surface area contributed by atoms with Crippen LogP contribution in [0.3, 0.4) is 0 Å². The van der Waals surface area contributed by atoms with Gasteiger partial charge in [0.25, 0.3) is 0 Å². The van der Waals surface area contributed by atoms with E-state index in [1.165, 1.54) is 0 Å². The Morgan fingerprint density at radius 1 is 1.12 bits per heavy atom. The van der Waals surface area contributed by atoms with Gasteiger partial charge in [0.1, 0.15) is 0 Å². The maximum Gasteiger partial charge on any atom is 2.00 e. The zero-order valence-electron chi connectivity index (χ0n) is 3.75. The molecule has 0 rings (SSSR count). The van der Waals surface area contributed by atoms with Crippen molar-refractivity contribution in [1.29, 1.82) is 0 Å². The molecule has 0 saturated heterocycles. The summed E-state index contributed by atoms with van der Waals surface area (Å²) in [6, 6.07) is 0. The predicted octanol–water partition coefficient (Wildman–Crippen LogP) is -3.96. The molecule has 0 amide bonds. The first-order valence-electron chi connectivity index (χ1n) is 0.667. The molecule has 1 radical (unpaired) electrons. The van der Waals surface area contributed by atoms with Gasteiger partial charge in [-0.15, -0.1) is 0 Å². The Bertz CT molecular complexity index is 99.2. The van der Waals surface area contributed by atoms with Gasteiger partial charge in [0.2, 0.25) is 0 Å². The Kier molecular flexibility index (Phi) is 22.3. The summed E-state index contributed by atoms with van der Waals surface area (Å²) in [5.74, 6) is 0. The molecule has 0 bridgehead atoms. The number of hydrogen-bond acceptors (Lipinski definition) is 4. The molecule has 0 spiro atoms. The molecule has 0 unspecified atom stereocenters. The topological polar surface area (TPSA) is 117 Å². The van der Waals surface area contributed by atoms with Crippen molar-refractivity contribution in [3.8, 4) is 0 Å². The standard InChI is InChI=1S/ClH.Co.H3N.H2O4S/c;;;1-5(2,3)4/h1H;;1H3;(H2,1,2,3,4)/q;+2;;/p-2. The molecule has 0 atom stereocenters. The van der Waals surface area contributed by atoms with E-state index in [0.717, 1.165) is 0 Å². The van der Waals surface area contributed by atoms with E-state index in [2.05, 4.69) is 0 Å². The van der Waals surface area contributed by atoms with Crippen LogP contribution in [0.1, 0.15) is 0 Å². The van der Waals surface area contributed by atoms with E-state index in [1.54, 1.807) is 0 Å². The summed E-state index contributed by atoms with van der Waals surface area (Å²) in [5.41, 5.74) is 0. The van der Waals surface area contributed by atoms with Gasteiger partial charge in [0.05, 0.1) is 0 Å². The summed E-state index contributed by atoms with van der Waals surface area (Å²) in [6.45, 7) is 0. The second-order valence-electron chi connectivity index (χ2n) is 0.408. The summed E-state index contributed by atoms with van der Waals surface area (Å²) < 4.78 is 34.1. The van der Waals surface area contributed by atoms with Crippen molar-refractivity contribution in [2.45, 2.75) is 0 Å². The molecule has 5 nitrogen and oxygen atoms in total. The first-order chi connectivity index (χ1) is 2.00. The quantitative estimate of drug-likeness (QED) is 0.323. The zero-order valence-corrected chi connectivity index (χ0v) is 6.37. The van der Waals surface area contributed by atoms with Gasteiger partial charge in [-0.05, 0) is 0 Å². The van der Waals surface area contributed by atoms with Crippen LogP contribution in [0.25, 0.3) is 0 Å². The maximum absolute atomic E-state index is 8.52. The van der Waals surface area contributed by atoms with Gasteiger partial charge in [-0.3, -0.25) is 8.42 Å². The summed E-state index contributed by atoms with van der Waals surface area (Å²) in [6.07, 6.45) is 0. The summed E-state index contributed by atoms with van der Waals surface area (Å²) in [5, 5.41) is 0. The summed E-state index contributed by atoms with van der Waals surface area (Å²) >= 11 is 0. The second kappa shape index (κ2) is 7.63. The van der Waals surface area contributed by atoms with Crippen LogP contribution in [0.5, 0.6) is 0 Å². The van der Waals surface area contributed by atoms with Crippen molar-refractivity contribution in [2.75, 3.05) is 0 Å². The Balaban J connectivity index is -0.0000000267. The monoisotopic (exact) mass is 208 g/mol. The van der Waals surface area contributed by atoms with E-state index in [0.29, 0.717) is 0 Å². The van der Waals surface area contributed by atoms with Crippen molar-refractivity contribution >= 4 is 10.4 Å². The molecule has 0 aromatic rings. The number of hydrogen-bond donors (Lipinski definition) is 1. The van der Waals surface area contributed by atoms with Gasteiger partial charge in [-0.2, -0.15) is 0 Å². The van der Waals surface area contributed by atoms with E-state index < -0.39 is 10.4 Å². The first-order valence-corrected chi connectivity index (χ1v) is 2.00. The van der Waals surface area contributed by atoms with Crippen LogP contribution < -0.4 is 18.6 Å². The van der Waals surface area contributed by atoms with Crippen molar-refractivity contribution in [1.82, 2.24) is 6.15 Å². The maximum atomic E-state index is 8.52. The molecule has 55 valence electrons. The molecule has 0 aromatic heterocycles. The zero-order chi connectivity index (χ0) is 4.50. The number of rotatable bonds is 0. The smallest absolute Gasteiger partial charge is 1.00 e. The van der Waals surface area contributed by atoms with E-state index >= 15 is 0 Å². The molecule has 0 fully saturated rings. The second-order valence-corrected chi connectivity index (χ2v) is 1.22. The van der Waals surface area contributed by atoms with Gasteiger partial charge in [-0.1, -0.05) is 0 Å². The molecule has 0 aliphatic rings. The molecule has 8 heteroatoms. The molecular formula is H4ClCoNO4S. The first kappa shape index (κ1) is 23.4. The van der Waals surface area contributed by atoms with Crippen LogP contribution in [0, 0.1) is 0 Å². The normalized spacial score (nSPS) is 7.25. The Morgan fingerprint density at radius 2 is 1.12 bits per heavy atom. The predicted molar refractivity (Wildman–Crippen MR) is 16.5 cm³/mol. The minimum absolute atomic E-state index is 0. The Labute approximate surface area is 63.6 Å². The van der Waals surface area contributed by atoms with E-state index in [9.17, 15) is 0 Å². The largest absolute Gasteiger partial charge is 2.00 e. The van der Waals surface area contributed by atoms with Crippen LogP contribution in [0.15, 0.2) is 0 Å². The molecule has 0 aliphatic heterocycles. The number of quaternary nitrogens is 1. The Hall–Kier alpha value is 0.626. The van der Waals surface area contributed by atoms with Crippen molar-refractivity contribution < 1.29 is 46.7 Å². The molecule has 0 heterocycles. The van der Waals surface area contributed by atoms with E-state index in [-0.39, 0.29) is 35.3 Å². The fourth-order valence-corrected chi connectivity index (χ4v) is 0. The van der Waals surface area contributed by atoms with E-state index in [4.69, 9.17) is 17.5 Å². The van der Waals surface area contributed by atoms with Gasteiger partial charge in [-0.25, -0.2) is 0 Å². The third-order valence-electron chi connectivity index (χ3n) is 0. The molecule has 8 heavy (non-hydrogen) atoms. The van der Waals surface area contributed by atoms with Crippen LogP contribution in [0.2, 0.25) is 0 Å². The molecule has 4 N–H and O–H groups in total. The van der Waals surface area contributed by atoms with E-state index in [1.807, 2.05) is 0 Å². The van der Waals surface area contributed by atoms with Gasteiger partial charge < -0.3 is 27.7 Å². The molecule has 0 saturated carbocycles. The van der Waals surface area contributed by atoms with Gasteiger partial charge >= 0.3 is 16.8 Å².